The van der Waals surface area contributed by atoms with Gasteiger partial charge in [-0.2, -0.15) is 0 Å². The van der Waals surface area contributed by atoms with E-state index < -0.39 is 0 Å². The molecule has 1 fully saturated rings. The molecule has 1 amide bonds. The van der Waals surface area contributed by atoms with Gasteiger partial charge in [0.05, 0.1) is 0 Å². The second-order valence-electron chi connectivity index (χ2n) is 8.25. The standard InChI is InChI=1S/C23H31N3O/c1-23(2,3)20-11-9-19(10-12-20)22(27)24-13-14-25-15-17-26(18-16-25)21-7-5-4-6-8-21/h4-12H,13-18H2,1-3H3,(H,24,27). The van der Waals surface area contributed by atoms with Crippen LogP contribution in [0.2, 0.25) is 0 Å². The number of carbonyl (C=O) groups excluding carboxylic acids is 1. The highest BCUT2D eigenvalue weighted by Crippen LogP contribution is 2.22. The first kappa shape index (κ1) is 19.4. The van der Waals surface area contributed by atoms with E-state index in [4.69, 9.17) is 0 Å². The van der Waals surface area contributed by atoms with E-state index in [2.05, 4.69) is 78.4 Å². The third-order valence-corrected chi connectivity index (χ3v) is 5.22. The minimum atomic E-state index is 0.0124. The molecule has 1 N–H and O–H groups in total. The van der Waals surface area contributed by atoms with E-state index in [1.807, 2.05) is 12.1 Å². The fraction of sp³-hybridized carbons (Fsp3) is 0.435. The summed E-state index contributed by atoms with van der Waals surface area (Å²) in [6, 6.07) is 18.5. The van der Waals surface area contributed by atoms with Crippen molar-refractivity contribution < 1.29 is 4.79 Å². The maximum Gasteiger partial charge on any atom is 0.251 e. The van der Waals surface area contributed by atoms with Gasteiger partial charge in [0.15, 0.2) is 0 Å². The highest BCUT2D eigenvalue weighted by Gasteiger charge is 2.17. The molecule has 2 aromatic rings. The molecule has 0 saturated carbocycles. The zero-order chi connectivity index (χ0) is 19.3. The Morgan fingerprint density at radius 1 is 0.926 bits per heavy atom. The lowest BCUT2D eigenvalue weighted by Gasteiger charge is -2.36. The maximum atomic E-state index is 12.3. The molecule has 4 heteroatoms. The number of benzene rings is 2. The van der Waals surface area contributed by atoms with Crippen molar-refractivity contribution in [3.63, 3.8) is 0 Å². The molecular weight excluding hydrogens is 334 g/mol. The summed E-state index contributed by atoms with van der Waals surface area (Å²) < 4.78 is 0. The zero-order valence-corrected chi connectivity index (χ0v) is 16.7. The number of hydrogen-bond donors (Lipinski definition) is 1. The molecule has 0 aliphatic carbocycles. The van der Waals surface area contributed by atoms with Crippen LogP contribution < -0.4 is 10.2 Å². The second-order valence-corrected chi connectivity index (χ2v) is 8.25. The quantitative estimate of drug-likeness (QED) is 0.880. The highest BCUT2D eigenvalue weighted by atomic mass is 16.1. The van der Waals surface area contributed by atoms with Crippen molar-refractivity contribution in [2.45, 2.75) is 26.2 Å². The van der Waals surface area contributed by atoms with E-state index in [0.717, 1.165) is 38.3 Å². The molecule has 0 bridgehead atoms. The van der Waals surface area contributed by atoms with Gasteiger partial charge in [0.1, 0.15) is 0 Å². The molecule has 0 unspecified atom stereocenters. The first-order valence-electron chi connectivity index (χ1n) is 9.84. The molecule has 3 rings (SSSR count). The van der Waals surface area contributed by atoms with Gasteiger partial charge in [-0.1, -0.05) is 51.1 Å². The highest BCUT2D eigenvalue weighted by molar-refractivity contribution is 5.94. The Balaban J connectivity index is 1.41. The van der Waals surface area contributed by atoms with Crippen LogP contribution in [0.25, 0.3) is 0 Å². The summed E-state index contributed by atoms with van der Waals surface area (Å²) in [5.41, 5.74) is 3.38. The van der Waals surface area contributed by atoms with Crippen molar-refractivity contribution in [2.75, 3.05) is 44.2 Å². The molecule has 1 heterocycles. The lowest BCUT2D eigenvalue weighted by Crippen LogP contribution is -2.48. The van der Waals surface area contributed by atoms with E-state index in [-0.39, 0.29) is 11.3 Å². The third-order valence-electron chi connectivity index (χ3n) is 5.22. The minimum absolute atomic E-state index is 0.0124. The predicted octanol–water partition coefficient (Wildman–Crippen LogP) is 3.54. The molecule has 0 aromatic heterocycles. The number of anilines is 1. The zero-order valence-electron chi connectivity index (χ0n) is 16.7. The van der Waals surface area contributed by atoms with Crippen molar-refractivity contribution in [2.24, 2.45) is 0 Å². The number of nitrogens with one attached hydrogen (secondary N) is 1. The minimum Gasteiger partial charge on any atom is -0.369 e. The lowest BCUT2D eigenvalue weighted by molar-refractivity contribution is 0.0947. The fourth-order valence-electron chi connectivity index (χ4n) is 3.42. The van der Waals surface area contributed by atoms with Gasteiger partial charge in [-0.05, 0) is 35.2 Å². The summed E-state index contributed by atoms with van der Waals surface area (Å²) in [7, 11) is 0. The summed E-state index contributed by atoms with van der Waals surface area (Å²) in [6.45, 7) is 12.3. The average Bonchev–Trinajstić information content (AvgIpc) is 2.68. The average molecular weight is 366 g/mol. The number of amides is 1. The normalized spacial score (nSPS) is 15.6. The largest absolute Gasteiger partial charge is 0.369 e. The van der Waals surface area contributed by atoms with Gasteiger partial charge in [-0.15, -0.1) is 0 Å². The van der Waals surface area contributed by atoms with Gasteiger partial charge in [0, 0.05) is 50.5 Å². The lowest BCUT2D eigenvalue weighted by atomic mass is 9.87. The SMILES string of the molecule is CC(C)(C)c1ccc(C(=O)NCCN2CCN(c3ccccc3)CC2)cc1. The Kier molecular flexibility index (Phi) is 6.17. The van der Waals surface area contributed by atoms with Crippen LogP contribution in [-0.2, 0) is 5.41 Å². The van der Waals surface area contributed by atoms with Crippen LogP contribution in [0.5, 0.6) is 0 Å². The molecule has 2 aromatic carbocycles. The van der Waals surface area contributed by atoms with Gasteiger partial charge < -0.3 is 10.2 Å². The molecular formula is C23H31N3O. The van der Waals surface area contributed by atoms with E-state index in [9.17, 15) is 4.79 Å². The van der Waals surface area contributed by atoms with Gasteiger partial charge >= 0.3 is 0 Å². The summed E-state index contributed by atoms with van der Waals surface area (Å²) in [5.74, 6) is 0.0124. The molecule has 1 aliphatic heterocycles. The van der Waals surface area contributed by atoms with Gasteiger partial charge in [0.25, 0.3) is 5.91 Å². The molecule has 0 radical (unpaired) electrons. The molecule has 0 spiro atoms. The first-order valence-corrected chi connectivity index (χ1v) is 9.84. The Morgan fingerprint density at radius 2 is 1.56 bits per heavy atom. The van der Waals surface area contributed by atoms with Crippen LogP contribution in [0, 0.1) is 0 Å². The molecule has 144 valence electrons. The Bertz CT molecular complexity index is 726. The molecule has 27 heavy (non-hydrogen) atoms. The fourth-order valence-corrected chi connectivity index (χ4v) is 3.42. The summed E-state index contributed by atoms with van der Waals surface area (Å²) in [4.78, 5) is 17.2. The smallest absolute Gasteiger partial charge is 0.251 e. The van der Waals surface area contributed by atoms with Gasteiger partial charge in [-0.3, -0.25) is 9.69 Å². The van der Waals surface area contributed by atoms with Gasteiger partial charge in [0.2, 0.25) is 0 Å². The first-order chi connectivity index (χ1) is 12.9. The maximum absolute atomic E-state index is 12.3. The Hall–Kier alpha value is -2.33. The second kappa shape index (κ2) is 8.57. The van der Waals surface area contributed by atoms with Crippen LogP contribution in [0.4, 0.5) is 5.69 Å². The van der Waals surface area contributed by atoms with Crippen molar-refractivity contribution in [3.8, 4) is 0 Å². The van der Waals surface area contributed by atoms with E-state index in [1.165, 1.54) is 11.3 Å². The number of piperazine rings is 1. The number of carbonyl (C=O) groups is 1. The number of para-hydroxylation sites is 1. The van der Waals surface area contributed by atoms with Crippen LogP contribution >= 0.6 is 0 Å². The molecule has 0 atom stereocenters. The Labute approximate surface area is 163 Å². The molecule has 1 aliphatic rings. The van der Waals surface area contributed by atoms with Crippen LogP contribution in [0.3, 0.4) is 0 Å². The van der Waals surface area contributed by atoms with Crippen LogP contribution in [0.15, 0.2) is 54.6 Å². The molecule has 1 saturated heterocycles. The van der Waals surface area contributed by atoms with Crippen molar-refractivity contribution in [3.05, 3.63) is 65.7 Å². The molecule has 4 nitrogen and oxygen atoms in total. The van der Waals surface area contributed by atoms with Crippen molar-refractivity contribution in [1.82, 2.24) is 10.2 Å². The Morgan fingerprint density at radius 3 is 2.15 bits per heavy atom. The van der Waals surface area contributed by atoms with E-state index >= 15 is 0 Å². The monoisotopic (exact) mass is 365 g/mol. The number of nitrogens with zero attached hydrogens (tertiary/aromatic N) is 2. The summed E-state index contributed by atoms with van der Waals surface area (Å²) in [6.07, 6.45) is 0. The van der Waals surface area contributed by atoms with Crippen molar-refractivity contribution in [1.29, 1.82) is 0 Å². The predicted molar refractivity (Wildman–Crippen MR) is 113 cm³/mol. The number of rotatable bonds is 5. The van der Waals surface area contributed by atoms with Crippen molar-refractivity contribution >= 4 is 11.6 Å². The summed E-state index contributed by atoms with van der Waals surface area (Å²) in [5, 5.41) is 3.05. The van der Waals surface area contributed by atoms with Crippen LogP contribution in [0.1, 0.15) is 36.7 Å². The number of hydrogen-bond acceptors (Lipinski definition) is 3. The van der Waals surface area contributed by atoms with E-state index in [0.29, 0.717) is 6.54 Å². The van der Waals surface area contributed by atoms with Gasteiger partial charge in [-0.25, -0.2) is 0 Å². The summed E-state index contributed by atoms with van der Waals surface area (Å²) >= 11 is 0. The van der Waals surface area contributed by atoms with E-state index in [1.54, 1.807) is 0 Å². The topological polar surface area (TPSA) is 35.6 Å². The van der Waals surface area contributed by atoms with Crippen LogP contribution in [-0.4, -0.2) is 50.1 Å². The third kappa shape index (κ3) is 5.33.